The average molecular weight is 381 g/mol. The van der Waals surface area contributed by atoms with E-state index < -0.39 is 10.0 Å². The first-order chi connectivity index (χ1) is 12.5. The van der Waals surface area contributed by atoms with E-state index in [2.05, 4.69) is 14.9 Å². The van der Waals surface area contributed by atoms with Gasteiger partial charge in [0, 0.05) is 24.8 Å². The van der Waals surface area contributed by atoms with Gasteiger partial charge in [-0.1, -0.05) is 13.0 Å². The van der Waals surface area contributed by atoms with Crippen molar-refractivity contribution >= 4 is 27.4 Å². The molecule has 0 aliphatic carbocycles. The average Bonchev–Trinajstić information content (AvgIpc) is 3.26. The van der Waals surface area contributed by atoms with Gasteiger partial charge in [-0.25, -0.2) is 13.2 Å². The van der Waals surface area contributed by atoms with E-state index in [9.17, 15) is 13.2 Å². The van der Waals surface area contributed by atoms with Crippen LogP contribution in [-0.4, -0.2) is 62.2 Å². The Kier molecular flexibility index (Phi) is 6.03. The van der Waals surface area contributed by atoms with E-state index in [-0.39, 0.29) is 11.8 Å². The Morgan fingerprint density at radius 2 is 1.92 bits per heavy atom. The summed E-state index contributed by atoms with van der Waals surface area (Å²) in [5.74, 6) is 0.0786. The molecule has 2 heterocycles. The number of hydrogen-bond acceptors (Lipinski definition) is 4. The van der Waals surface area contributed by atoms with Crippen LogP contribution in [0.15, 0.2) is 24.3 Å². The first kappa shape index (κ1) is 19.0. The molecule has 0 saturated carbocycles. The zero-order valence-corrected chi connectivity index (χ0v) is 16.1. The van der Waals surface area contributed by atoms with Gasteiger partial charge in [-0.3, -0.25) is 9.62 Å². The lowest BCUT2D eigenvalue weighted by Crippen LogP contribution is -2.38. The summed E-state index contributed by atoms with van der Waals surface area (Å²) in [5, 5.41) is 2.89. The monoisotopic (exact) mass is 380 g/mol. The summed E-state index contributed by atoms with van der Waals surface area (Å²) in [6.45, 7) is 5.62. The third-order valence-corrected chi connectivity index (χ3v) is 6.46. The van der Waals surface area contributed by atoms with E-state index in [1.54, 1.807) is 24.3 Å². The highest BCUT2D eigenvalue weighted by Crippen LogP contribution is 2.22. The molecule has 2 N–H and O–H groups in total. The van der Waals surface area contributed by atoms with Gasteiger partial charge in [-0.15, -0.1) is 0 Å². The van der Waals surface area contributed by atoms with Crippen molar-refractivity contribution in [3.05, 3.63) is 24.3 Å². The van der Waals surface area contributed by atoms with Crippen LogP contribution < -0.4 is 10.0 Å². The summed E-state index contributed by atoms with van der Waals surface area (Å²) in [6, 6.07) is 7.18. The predicted octanol–water partition coefficient (Wildman–Crippen LogP) is 2.54. The van der Waals surface area contributed by atoms with Gasteiger partial charge >= 0.3 is 6.03 Å². The van der Waals surface area contributed by atoms with Gasteiger partial charge in [0.1, 0.15) is 0 Å². The minimum atomic E-state index is -3.34. The normalized spacial score (nSPS) is 21.1. The molecule has 2 fully saturated rings. The number of carbonyl (C=O) groups excluding carboxylic acids is 1. The van der Waals surface area contributed by atoms with Gasteiger partial charge in [0.15, 0.2) is 0 Å². The van der Waals surface area contributed by atoms with Gasteiger partial charge in [0.05, 0.1) is 11.4 Å². The molecule has 144 valence electrons. The van der Waals surface area contributed by atoms with E-state index in [4.69, 9.17) is 0 Å². The Balaban J connectivity index is 1.57. The third-order valence-electron chi connectivity index (χ3n) is 4.97. The number of benzene rings is 1. The van der Waals surface area contributed by atoms with Crippen LogP contribution in [0.5, 0.6) is 0 Å². The fourth-order valence-corrected chi connectivity index (χ4v) is 4.82. The van der Waals surface area contributed by atoms with Crippen molar-refractivity contribution in [3.8, 4) is 0 Å². The van der Waals surface area contributed by atoms with Crippen molar-refractivity contribution < 1.29 is 13.2 Å². The fourth-order valence-electron chi connectivity index (χ4n) is 3.69. The molecule has 0 radical (unpaired) electrons. The second kappa shape index (κ2) is 8.26. The largest absolute Gasteiger partial charge is 0.323 e. The van der Waals surface area contributed by atoms with E-state index in [0.29, 0.717) is 23.8 Å². The highest BCUT2D eigenvalue weighted by Gasteiger charge is 2.31. The maximum Gasteiger partial charge on any atom is 0.321 e. The molecule has 26 heavy (non-hydrogen) atoms. The fraction of sp³-hybridized carbons (Fsp3) is 0.611. The molecular formula is C18H28N4O3S. The van der Waals surface area contributed by atoms with Gasteiger partial charge < -0.3 is 10.2 Å². The second-order valence-corrected chi connectivity index (χ2v) is 8.91. The van der Waals surface area contributed by atoms with Crippen molar-refractivity contribution in [1.29, 1.82) is 0 Å². The summed E-state index contributed by atoms with van der Waals surface area (Å²) in [7, 11) is -3.34. The molecule has 2 saturated heterocycles. The highest BCUT2D eigenvalue weighted by molar-refractivity contribution is 7.92. The summed E-state index contributed by atoms with van der Waals surface area (Å²) in [5.41, 5.74) is 1.06. The Morgan fingerprint density at radius 3 is 2.65 bits per heavy atom. The van der Waals surface area contributed by atoms with Crippen LogP contribution in [0.4, 0.5) is 16.2 Å². The lowest BCUT2D eigenvalue weighted by molar-refractivity contribution is 0.210. The topological polar surface area (TPSA) is 81.8 Å². The molecule has 0 bridgehead atoms. The van der Waals surface area contributed by atoms with E-state index in [0.717, 1.165) is 32.6 Å². The minimum absolute atomic E-state index is 0.0786. The van der Waals surface area contributed by atoms with Crippen molar-refractivity contribution in [2.75, 3.05) is 42.0 Å². The van der Waals surface area contributed by atoms with Crippen LogP contribution >= 0.6 is 0 Å². The standard InChI is InChI=1S/C18H28N4O3S/c1-2-12-26(24,25)20-16-7-5-6-15(13-16)19-18(23)22-11-8-17(14-22)21-9-3-4-10-21/h5-7,13,17,20H,2-4,8-12,14H2,1H3,(H,19,23). The van der Waals surface area contributed by atoms with Gasteiger partial charge in [-0.2, -0.15) is 0 Å². The first-order valence-corrected chi connectivity index (χ1v) is 11.0. The number of amides is 2. The van der Waals surface area contributed by atoms with E-state index >= 15 is 0 Å². The Bertz CT molecular complexity index is 732. The number of likely N-dealkylation sites (tertiary alicyclic amines) is 2. The zero-order valence-electron chi connectivity index (χ0n) is 15.3. The Morgan fingerprint density at radius 1 is 1.19 bits per heavy atom. The number of nitrogens with zero attached hydrogens (tertiary/aromatic N) is 2. The maximum atomic E-state index is 12.5. The van der Waals surface area contributed by atoms with Crippen LogP contribution in [0.25, 0.3) is 0 Å². The van der Waals surface area contributed by atoms with Gasteiger partial charge in [-0.05, 0) is 57.0 Å². The summed E-state index contributed by atoms with van der Waals surface area (Å²) in [6.07, 6.45) is 4.08. The molecular weight excluding hydrogens is 352 g/mol. The van der Waals surface area contributed by atoms with Crippen molar-refractivity contribution in [2.24, 2.45) is 0 Å². The number of carbonyl (C=O) groups is 1. The van der Waals surface area contributed by atoms with Gasteiger partial charge in [0.2, 0.25) is 10.0 Å². The third kappa shape index (κ3) is 4.88. The molecule has 1 unspecified atom stereocenters. The van der Waals surface area contributed by atoms with E-state index in [1.807, 2.05) is 11.8 Å². The van der Waals surface area contributed by atoms with Crippen molar-refractivity contribution in [2.45, 2.75) is 38.6 Å². The maximum absolute atomic E-state index is 12.5. The Labute approximate surface area is 155 Å². The molecule has 2 aliphatic rings. The number of nitrogens with one attached hydrogen (secondary N) is 2. The molecule has 8 heteroatoms. The molecule has 7 nitrogen and oxygen atoms in total. The zero-order chi connectivity index (χ0) is 18.6. The van der Waals surface area contributed by atoms with Crippen LogP contribution in [0, 0.1) is 0 Å². The quantitative estimate of drug-likeness (QED) is 0.795. The molecule has 1 aromatic rings. The smallest absolute Gasteiger partial charge is 0.321 e. The van der Waals surface area contributed by atoms with E-state index in [1.165, 1.54) is 12.8 Å². The lowest BCUT2D eigenvalue weighted by atomic mass is 10.2. The number of urea groups is 1. The molecule has 2 amide bonds. The number of sulfonamides is 1. The van der Waals surface area contributed by atoms with Gasteiger partial charge in [0.25, 0.3) is 0 Å². The summed E-state index contributed by atoms with van der Waals surface area (Å²) >= 11 is 0. The van der Waals surface area contributed by atoms with Crippen LogP contribution in [0.3, 0.4) is 0 Å². The predicted molar refractivity (Wildman–Crippen MR) is 104 cm³/mol. The number of anilines is 2. The van der Waals surface area contributed by atoms with Crippen LogP contribution in [0.1, 0.15) is 32.6 Å². The van der Waals surface area contributed by atoms with Crippen molar-refractivity contribution in [3.63, 3.8) is 0 Å². The van der Waals surface area contributed by atoms with Crippen LogP contribution in [-0.2, 0) is 10.0 Å². The molecule has 0 spiro atoms. The number of rotatable bonds is 6. The first-order valence-electron chi connectivity index (χ1n) is 9.37. The SMILES string of the molecule is CCCS(=O)(=O)Nc1cccc(NC(=O)N2CCC(N3CCCC3)C2)c1. The highest BCUT2D eigenvalue weighted by atomic mass is 32.2. The molecule has 1 aromatic carbocycles. The van der Waals surface area contributed by atoms with Crippen LogP contribution in [0.2, 0.25) is 0 Å². The summed E-state index contributed by atoms with van der Waals surface area (Å²) in [4.78, 5) is 16.9. The van der Waals surface area contributed by atoms with Crippen molar-refractivity contribution in [1.82, 2.24) is 9.80 Å². The molecule has 2 aliphatic heterocycles. The molecule has 1 atom stereocenters. The molecule has 3 rings (SSSR count). The molecule has 0 aromatic heterocycles. The summed E-state index contributed by atoms with van der Waals surface area (Å²) < 4.78 is 26.3. The lowest BCUT2D eigenvalue weighted by Gasteiger charge is -2.23. The minimum Gasteiger partial charge on any atom is -0.323 e. The second-order valence-electron chi connectivity index (χ2n) is 7.06. The Hall–Kier alpha value is -1.80. The number of hydrogen-bond donors (Lipinski definition) is 2.